The number of carbonyl (C=O) groups excluding carboxylic acids is 1. The fraction of sp³-hybridized carbons (Fsp3) is 0.409. The van der Waals surface area contributed by atoms with Crippen molar-refractivity contribution in [1.29, 1.82) is 0 Å². The molecule has 2 aromatic rings. The Kier molecular flexibility index (Phi) is 7.82. The Labute approximate surface area is 161 Å². The highest BCUT2D eigenvalue weighted by Gasteiger charge is 2.24. The number of alkyl carbamates (subject to hydrolysis) is 1. The molecule has 146 valence electrons. The highest BCUT2D eigenvalue weighted by atomic mass is 16.5. The average Bonchev–Trinajstić information content (AvgIpc) is 2.69. The summed E-state index contributed by atoms with van der Waals surface area (Å²) >= 11 is 0. The first-order valence-corrected chi connectivity index (χ1v) is 9.39. The molecular weight excluding hydrogens is 342 g/mol. The molecule has 0 aliphatic heterocycles. The maximum Gasteiger partial charge on any atom is 0.407 e. The fourth-order valence-electron chi connectivity index (χ4n) is 3.18. The zero-order valence-corrected chi connectivity index (χ0v) is 16.2. The molecule has 0 fully saturated rings. The Morgan fingerprint density at radius 2 is 1.67 bits per heavy atom. The van der Waals surface area contributed by atoms with E-state index in [1.807, 2.05) is 63.2 Å². The number of hydrogen-bond donors (Lipinski definition) is 3. The molecule has 0 bridgehead atoms. The van der Waals surface area contributed by atoms with E-state index in [2.05, 4.69) is 5.32 Å². The van der Waals surface area contributed by atoms with Gasteiger partial charge in [-0.1, -0.05) is 61.9 Å². The van der Waals surface area contributed by atoms with Gasteiger partial charge in [-0.05, 0) is 42.0 Å². The van der Waals surface area contributed by atoms with Gasteiger partial charge in [0.05, 0.1) is 0 Å². The first-order valence-electron chi connectivity index (χ1n) is 9.39. The molecule has 0 saturated heterocycles. The summed E-state index contributed by atoms with van der Waals surface area (Å²) in [7, 11) is 0. The smallest absolute Gasteiger partial charge is 0.407 e. The molecule has 3 N–H and O–H groups in total. The monoisotopic (exact) mass is 371 g/mol. The van der Waals surface area contributed by atoms with Crippen LogP contribution < -0.4 is 5.32 Å². The standard InChI is InChI=1S/C22H29NO4/c1-4-17-11-15(3)12-18(5-2)20(17)21(25)19(24)13-23-22(26)27-14-16-9-7-6-8-10-16/h6-12,19,21,24-25H,4-5,13-14H2,1-3H3,(H,23,26). The topological polar surface area (TPSA) is 78.8 Å². The zero-order valence-electron chi connectivity index (χ0n) is 16.2. The van der Waals surface area contributed by atoms with Gasteiger partial charge in [-0.3, -0.25) is 0 Å². The van der Waals surface area contributed by atoms with Crippen LogP contribution in [-0.2, 0) is 24.2 Å². The van der Waals surface area contributed by atoms with Crippen molar-refractivity contribution >= 4 is 6.09 Å². The Balaban J connectivity index is 1.95. The number of aliphatic hydroxyl groups excluding tert-OH is 2. The third kappa shape index (κ3) is 5.81. The largest absolute Gasteiger partial charge is 0.445 e. The Morgan fingerprint density at radius 1 is 1.07 bits per heavy atom. The third-order valence-corrected chi connectivity index (χ3v) is 4.59. The number of hydrogen-bond acceptors (Lipinski definition) is 4. The van der Waals surface area contributed by atoms with Crippen LogP contribution >= 0.6 is 0 Å². The van der Waals surface area contributed by atoms with Crippen LogP contribution in [0.15, 0.2) is 42.5 Å². The second-order valence-electron chi connectivity index (χ2n) is 6.66. The zero-order chi connectivity index (χ0) is 19.8. The van der Waals surface area contributed by atoms with Gasteiger partial charge in [0.25, 0.3) is 0 Å². The van der Waals surface area contributed by atoms with Crippen LogP contribution in [0.25, 0.3) is 0 Å². The van der Waals surface area contributed by atoms with E-state index in [1.54, 1.807) is 0 Å². The van der Waals surface area contributed by atoms with Gasteiger partial charge in [-0.2, -0.15) is 0 Å². The molecule has 0 spiro atoms. The lowest BCUT2D eigenvalue weighted by Crippen LogP contribution is -2.36. The van der Waals surface area contributed by atoms with Crippen LogP contribution in [0.2, 0.25) is 0 Å². The van der Waals surface area contributed by atoms with Gasteiger partial charge in [-0.25, -0.2) is 4.79 Å². The first-order chi connectivity index (χ1) is 13.0. The minimum atomic E-state index is -1.12. The molecule has 0 radical (unpaired) electrons. The number of aryl methyl sites for hydroxylation is 3. The summed E-state index contributed by atoms with van der Waals surface area (Å²) in [6.07, 6.45) is -1.28. The number of nitrogens with one attached hydrogen (secondary N) is 1. The fourth-order valence-corrected chi connectivity index (χ4v) is 3.18. The summed E-state index contributed by atoms with van der Waals surface area (Å²) in [6, 6.07) is 13.4. The second-order valence-corrected chi connectivity index (χ2v) is 6.66. The normalized spacial score (nSPS) is 13.1. The third-order valence-electron chi connectivity index (χ3n) is 4.59. The van der Waals surface area contributed by atoms with Gasteiger partial charge in [0.2, 0.25) is 0 Å². The van der Waals surface area contributed by atoms with Crippen LogP contribution in [0.1, 0.15) is 47.8 Å². The minimum absolute atomic E-state index is 0.0883. The second kappa shape index (κ2) is 10.1. The Hall–Kier alpha value is -2.37. The average molecular weight is 371 g/mol. The number of benzene rings is 2. The maximum atomic E-state index is 11.8. The van der Waals surface area contributed by atoms with E-state index in [-0.39, 0.29) is 13.2 Å². The predicted octanol–water partition coefficient (Wildman–Crippen LogP) is 3.44. The number of amides is 1. The molecule has 0 saturated carbocycles. The Bertz CT molecular complexity index is 720. The van der Waals surface area contributed by atoms with Crippen molar-refractivity contribution in [3.63, 3.8) is 0 Å². The van der Waals surface area contributed by atoms with Gasteiger partial charge in [0, 0.05) is 6.54 Å². The number of ether oxygens (including phenoxy) is 1. The molecular formula is C22H29NO4. The number of rotatable bonds is 8. The van der Waals surface area contributed by atoms with E-state index in [0.717, 1.165) is 40.7 Å². The molecule has 27 heavy (non-hydrogen) atoms. The molecule has 2 aromatic carbocycles. The lowest BCUT2D eigenvalue weighted by atomic mass is 9.89. The molecule has 0 aromatic heterocycles. The summed E-state index contributed by atoms with van der Waals surface area (Å²) < 4.78 is 5.13. The van der Waals surface area contributed by atoms with Crippen molar-refractivity contribution < 1.29 is 19.7 Å². The molecule has 0 aliphatic rings. The van der Waals surface area contributed by atoms with E-state index < -0.39 is 18.3 Å². The summed E-state index contributed by atoms with van der Waals surface area (Å²) in [6.45, 7) is 6.14. The maximum absolute atomic E-state index is 11.8. The van der Waals surface area contributed by atoms with Crippen LogP contribution in [0.5, 0.6) is 0 Å². The highest BCUT2D eigenvalue weighted by molar-refractivity contribution is 5.67. The summed E-state index contributed by atoms with van der Waals surface area (Å²) in [5, 5.41) is 23.6. The van der Waals surface area contributed by atoms with E-state index in [9.17, 15) is 15.0 Å². The van der Waals surface area contributed by atoms with Gasteiger partial charge in [-0.15, -0.1) is 0 Å². The lowest BCUT2D eigenvalue weighted by Gasteiger charge is -2.24. The summed E-state index contributed by atoms with van der Waals surface area (Å²) in [5.41, 5.74) is 4.82. The number of aliphatic hydroxyl groups is 2. The molecule has 2 unspecified atom stereocenters. The van der Waals surface area contributed by atoms with E-state index in [4.69, 9.17) is 4.74 Å². The highest BCUT2D eigenvalue weighted by Crippen LogP contribution is 2.28. The molecule has 2 rings (SSSR count). The molecule has 5 heteroatoms. The van der Waals surface area contributed by atoms with Crippen molar-refractivity contribution in [2.75, 3.05) is 6.54 Å². The van der Waals surface area contributed by atoms with Crippen molar-refractivity contribution in [3.05, 3.63) is 70.3 Å². The van der Waals surface area contributed by atoms with E-state index in [1.165, 1.54) is 0 Å². The van der Waals surface area contributed by atoms with Gasteiger partial charge in [0.1, 0.15) is 18.8 Å². The van der Waals surface area contributed by atoms with Crippen molar-refractivity contribution in [1.82, 2.24) is 5.32 Å². The molecule has 5 nitrogen and oxygen atoms in total. The summed E-state index contributed by atoms with van der Waals surface area (Å²) in [5.74, 6) is 0. The molecule has 0 heterocycles. The van der Waals surface area contributed by atoms with E-state index in [0.29, 0.717) is 0 Å². The quantitative estimate of drug-likeness (QED) is 0.664. The Morgan fingerprint density at radius 3 is 2.22 bits per heavy atom. The lowest BCUT2D eigenvalue weighted by molar-refractivity contribution is 0.0174. The van der Waals surface area contributed by atoms with Gasteiger partial charge >= 0.3 is 6.09 Å². The molecule has 0 aliphatic carbocycles. The van der Waals surface area contributed by atoms with Crippen molar-refractivity contribution in [2.24, 2.45) is 0 Å². The van der Waals surface area contributed by atoms with Crippen LogP contribution in [-0.4, -0.2) is 29.0 Å². The predicted molar refractivity (Wildman–Crippen MR) is 106 cm³/mol. The van der Waals surface area contributed by atoms with Gasteiger partial charge in [0.15, 0.2) is 0 Å². The molecule has 2 atom stereocenters. The summed E-state index contributed by atoms with van der Waals surface area (Å²) in [4.78, 5) is 11.8. The van der Waals surface area contributed by atoms with Crippen LogP contribution in [0.3, 0.4) is 0 Å². The molecule has 1 amide bonds. The number of carbonyl (C=O) groups is 1. The van der Waals surface area contributed by atoms with Crippen LogP contribution in [0, 0.1) is 6.92 Å². The minimum Gasteiger partial charge on any atom is -0.445 e. The van der Waals surface area contributed by atoms with Crippen LogP contribution in [0.4, 0.5) is 4.79 Å². The van der Waals surface area contributed by atoms with Gasteiger partial charge < -0.3 is 20.3 Å². The first kappa shape index (κ1) is 20.9. The SMILES string of the molecule is CCc1cc(C)cc(CC)c1C(O)C(O)CNC(=O)OCc1ccccc1. The van der Waals surface area contributed by atoms with Crippen molar-refractivity contribution in [3.8, 4) is 0 Å². The van der Waals surface area contributed by atoms with Crippen molar-refractivity contribution in [2.45, 2.75) is 52.4 Å². The van der Waals surface area contributed by atoms with E-state index >= 15 is 0 Å².